The van der Waals surface area contributed by atoms with Crippen molar-refractivity contribution in [2.75, 3.05) is 50.7 Å². The molecule has 36 heavy (non-hydrogen) atoms. The summed E-state index contributed by atoms with van der Waals surface area (Å²) in [5.74, 6) is -0.377. The molecule has 14 nitrogen and oxygen atoms in total. The maximum absolute atomic E-state index is 11.8. The number of nitriles is 1. The van der Waals surface area contributed by atoms with Crippen LogP contribution in [0.3, 0.4) is 0 Å². The van der Waals surface area contributed by atoms with Gasteiger partial charge in [-0.15, -0.1) is 10.2 Å². The second-order valence-electron chi connectivity index (χ2n) is 7.07. The Morgan fingerprint density at radius 2 is 1.67 bits per heavy atom. The summed E-state index contributed by atoms with van der Waals surface area (Å²) in [4.78, 5) is 34.8. The van der Waals surface area contributed by atoms with Gasteiger partial charge in [-0.2, -0.15) is 5.26 Å². The monoisotopic (exact) mass is 517 g/mol. The second kappa shape index (κ2) is 13.7. The van der Waals surface area contributed by atoms with E-state index in [9.17, 15) is 25.0 Å². The van der Waals surface area contributed by atoms with Crippen molar-refractivity contribution in [2.24, 2.45) is 10.2 Å². The van der Waals surface area contributed by atoms with Gasteiger partial charge in [0.2, 0.25) is 5.91 Å². The minimum absolute atomic E-state index is 0.119. The predicted molar refractivity (Wildman–Crippen MR) is 132 cm³/mol. The maximum atomic E-state index is 11.8. The Morgan fingerprint density at radius 3 is 2.19 bits per heavy atom. The Labute approximate surface area is 210 Å². The maximum Gasteiger partial charge on any atom is 0.303 e. The van der Waals surface area contributed by atoms with Crippen molar-refractivity contribution >= 4 is 51.8 Å². The van der Waals surface area contributed by atoms with Crippen molar-refractivity contribution in [3.8, 4) is 5.40 Å². The molecule has 2 aromatic carbocycles. The molecule has 1 N–H and O–H groups in total. The summed E-state index contributed by atoms with van der Waals surface area (Å²) in [7, 11) is 3.16. The predicted octanol–water partition coefficient (Wildman–Crippen LogP) is 4.55. The molecular weight excluding hydrogens is 494 g/mol. The zero-order chi connectivity index (χ0) is 26.7. The molecule has 15 heteroatoms. The third kappa shape index (κ3) is 7.70. The van der Waals surface area contributed by atoms with Gasteiger partial charge in [-0.3, -0.25) is 25.0 Å². The first-order chi connectivity index (χ1) is 17.2. The number of rotatable bonds is 13. The summed E-state index contributed by atoms with van der Waals surface area (Å²) >= 11 is 0.473. The fourth-order valence-corrected chi connectivity index (χ4v) is 3.53. The molecule has 0 atom stereocenters. The number of amides is 1. The molecule has 0 aliphatic heterocycles. The highest BCUT2D eigenvalue weighted by Gasteiger charge is 2.25. The zero-order valence-electron chi connectivity index (χ0n) is 19.7. The average molecular weight is 518 g/mol. The molecule has 1 amide bonds. The Balaban J connectivity index is 2.54. The molecule has 0 radical (unpaired) electrons. The lowest BCUT2D eigenvalue weighted by Gasteiger charge is -2.25. The molecule has 0 spiro atoms. The van der Waals surface area contributed by atoms with Gasteiger partial charge in [0.15, 0.2) is 5.69 Å². The highest BCUT2D eigenvalue weighted by atomic mass is 32.2. The van der Waals surface area contributed by atoms with Gasteiger partial charge in [-0.25, -0.2) is 0 Å². The lowest BCUT2D eigenvalue weighted by molar-refractivity contribution is -0.395. The molecule has 190 valence electrons. The average Bonchev–Trinajstić information content (AvgIpc) is 2.83. The van der Waals surface area contributed by atoms with Gasteiger partial charge in [-0.1, -0.05) is 0 Å². The number of thioether (sulfide) groups is 1. The lowest BCUT2D eigenvalue weighted by atomic mass is 10.2. The van der Waals surface area contributed by atoms with E-state index < -0.39 is 21.2 Å². The molecule has 0 unspecified atom stereocenters. The van der Waals surface area contributed by atoms with Crippen molar-refractivity contribution in [2.45, 2.75) is 11.8 Å². The molecule has 0 heterocycles. The molecule has 0 bridgehead atoms. The number of azo groups is 1. The Kier molecular flexibility index (Phi) is 10.7. The normalized spacial score (nSPS) is 10.7. The molecule has 0 aromatic heterocycles. The third-order valence-electron chi connectivity index (χ3n) is 4.66. The van der Waals surface area contributed by atoms with Crippen LogP contribution in [0.5, 0.6) is 0 Å². The number of nitrogens with one attached hydrogen (secondary N) is 1. The topological polar surface area (TPSA) is 186 Å². The van der Waals surface area contributed by atoms with Gasteiger partial charge in [-0.05, 0) is 36.0 Å². The number of nitrogens with zero attached hydrogens (tertiary/aromatic N) is 6. The molecular formula is C21H23N7O7S. The second-order valence-corrected chi connectivity index (χ2v) is 7.90. The van der Waals surface area contributed by atoms with Crippen LogP contribution in [0.1, 0.15) is 6.92 Å². The summed E-state index contributed by atoms with van der Waals surface area (Å²) < 4.78 is 10.3. The molecule has 0 fully saturated rings. The summed E-state index contributed by atoms with van der Waals surface area (Å²) in [6, 6.07) is 6.75. The van der Waals surface area contributed by atoms with E-state index in [1.807, 2.05) is 4.90 Å². The molecule has 2 rings (SSSR count). The number of hydrogen-bond donors (Lipinski definition) is 1. The largest absolute Gasteiger partial charge is 0.383 e. The van der Waals surface area contributed by atoms with E-state index in [4.69, 9.17) is 14.7 Å². The van der Waals surface area contributed by atoms with Gasteiger partial charge >= 0.3 is 5.69 Å². The third-order valence-corrected chi connectivity index (χ3v) is 5.30. The summed E-state index contributed by atoms with van der Waals surface area (Å²) in [6.45, 7) is 3.32. The van der Waals surface area contributed by atoms with Crippen molar-refractivity contribution in [1.82, 2.24) is 0 Å². The fourth-order valence-electron chi connectivity index (χ4n) is 3.02. The Hall–Kier alpha value is -4.13. The van der Waals surface area contributed by atoms with E-state index in [0.717, 1.165) is 17.8 Å². The van der Waals surface area contributed by atoms with Crippen LogP contribution >= 0.6 is 11.8 Å². The van der Waals surface area contributed by atoms with Gasteiger partial charge in [0.1, 0.15) is 16.0 Å². The smallest absolute Gasteiger partial charge is 0.303 e. The number of benzene rings is 2. The van der Waals surface area contributed by atoms with Crippen LogP contribution in [-0.4, -0.2) is 56.3 Å². The minimum Gasteiger partial charge on any atom is -0.383 e. The van der Waals surface area contributed by atoms with Gasteiger partial charge in [0.05, 0.1) is 34.8 Å². The van der Waals surface area contributed by atoms with E-state index in [1.165, 1.54) is 6.92 Å². The number of ether oxygens (including phenoxy) is 2. The van der Waals surface area contributed by atoms with E-state index in [1.54, 1.807) is 37.8 Å². The number of nitro benzene ring substituents is 2. The van der Waals surface area contributed by atoms with Crippen LogP contribution in [0, 0.1) is 30.9 Å². The molecule has 0 aliphatic carbocycles. The van der Waals surface area contributed by atoms with Crippen LogP contribution in [0.4, 0.5) is 34.1 Å². The number of anilines is 2. The van der Waals surface area contributed by atoms with Gasteiger partial charge < -0.3 is 19.7 Å². The number of carbonyl (C=O) groups is 1. The van der Waals surface area contributed by atoms with E-state index in [-0.39, 0.29) is 22.2 Å². The molecule has 0 saturated carbocycles. The van der Waals surface area contributed by atoms with Crippen LogP contribution in [-0.2, 0) is 14.3 Å². The van der Waals surface area contributed by atoms with E-state index in [2.05, 4.69) is 15.5 Å². The summed E-state index contributed by atoms with van der Waals surface area (Å²) in [5, 5.41) is 44.1. The SMILES string of the molecule is COCCN(CCOC)c1ccc(/N=N/c2cc(SC#N)c([N+](=O)[O-])cc2[N+](=O)[O-])c(NC(C)=O)c1. The number of thiocyanates is 1. The van der Waals surface area contributed by atoms with Crippen molar-refractivity contribution in [3.63, 3.8) is 0 Å². The first-order valence-electron chi connectivity index (χ1n) is 10.3. The standard InChI is InChI=1S/C21H23N7O7S/c1-14(29)23-17-10-15(26(6-8-34-2)7-9-35-3)4-5-16(17)24-25-18-11-21(36-13-22)20(28(32)33)12-19(18)27(30)31/h4-5,10-12H,6-9H2,1-3H3,(H,23,29)/b25-24+. The number of carbonyl (C=O) groups excluding carboxylic acids is 1. The quantitative estimate of drug-likeness (QED) is 0.130. The van der Waals surface area contributed by atoms with Gasteiger partial charge in [0, 0.05) is 39.9 Å². The summed E-state index contributed by atoms with van der Waals surface area (Å²) in [5.41, 5.74) is -0.323. The highest BCUT2D eigenvalue weighted by Crippen LogP contribution is 2.40. The van der Waals surface area contributed by atoms with Gasteiger partial charge in [0.25, 0.3) is 5.69 Å². The van der Waals surface area contributed by atoms with Crippen molar-refractivity contribution in [3.05, 3.63) is 50.6 Å². The highest BCUT2D eigenvalue weighted by molar-refractivity contribution is 8.03. The number of hydrogen-bond acceptors (Lipinski definition) is 12. The molecule has 0 saturated heterocycles. The summed E-state index contributed by atoms with van der Waals surface area (Å²) in [6.07, 6.45) is 0. The minimum atomic E-state index is -0.830. The first kappa shape index (κ1) is 28.1. The van der Waals surface area contributed by atoms with Crippen LogP contribution in [0.15, 0.2) is 45.5 Å². The van der Waals surface area contributed by atoms with E-state index in [0.29, 0.717) is 43.8 Å². The number of methoxy groups -OCH3 is 2. The van der Waals surface area contributed by atoms with Crippen LogP contribution in [0.2, 0.25) is 0 Å². The van der Waals surface area contributed by atoms with Crippen molar-refractivity contribution < 1.29 is 24.1 Å². The van der Waals surface area contributed by atoms with Crippen LogP contribution < -0.4 is 10.2 Å². The van der Waals surface area contributed by atoms with Crippen molar-refractivity contribution in [1.29, 1.82) is 5.26 Å². The molecule has 2 aromatic rings. The molecule has 0 aliphatic rings. The lowest BCUT2D eigenvalue weighted by Crippen LogP contribution is -2.30. The fraction of sp³-hybridized carbons (Fsp3) is 0.333. The number of nitro groups is 2. The van der Waals surface area contributed by atoms with Crippen LogP contribution in [0.25, 0.3) is 0 Å². The zero-order valence-corrected chi connectivity index (χ0v) is 20.5. The first-order valence-corrected chi connectivity index (χ1v) is 11.1. The Bertz CT molecular complexity index is 1190. The van der Waals surface area contributed by atoms with E-state index >= 15 is 0 Å². The Morgan fingerprint density at radius 1 is 1.06 bits per heavy atom.